The van der Waals surface area contributed by atoms with Crippen molar-refractivity contribution in [3.05, 3.63) is 33.2 Å². The number of aryl methyl sites for hydroxylation is 2. The zero-order valence-electron chi connectivity index (χ0n) is 8.86. The van der Waals surface area contributed by atoms with E-state index in [-0.39, 0.29) is 5.82 Å². The lowest BCUT2D eigenvalue weighted by Crippen LogP contribution is -2.00. The largest absolute Gasteiger partial charge is 0.358 e. The van der Waals surface area contributed by atoms with E-state index in [0.717, 1.165) is 34.4 Å². The maximum atomic E-state index is 13.7. The minimum atomic E-state index is -0.164. The molecule has 2 heterocycles. The highest BCUT2D eigenvalue weighted by atomic mass is 79.9. The van der Waals surface area contributed by atoms with E-state index < -0.39 is 0 Å². The third-order valence-corrected chi connectivity index (χ3v) is 4.86. The minimum Gasteiger partial charge on any atom is -0.358 e. The summed E-state index contributed by atoms with van der Waals surface area (Å²) < 4.78 is 14.3. The van der Waals surface area contributed by atoms with Crippen molar-refractivity contribution in [2.45, 2.75) is 19.1 Å². The summed E-state index contributed by atoms with van der Waals surface area (Å²) in [4.78, 5) is 3.44. The smallest absolute Gasteiger partial charge is 0.138 e. The first kappa shape index (κ1) is 10.7. The highest BCUT2D eigenvalue weighted by Gasteiger charge is 2.20. The monoisotopic (exact) mass is 299 g/mol. The van der Waals surface area contributed by atoms with Crippen molar-refractivity contribution < 1.29 is 4.39 Å². The molecule has 0 amide bonds. The van der Waals surface area contributed by atoms with Crippen LogP contribution in [0.25, 0.3) is 10.9 Å². The topological polar surface area (TPSA) is 15.8 Å². The summed E-state index contributed by atoms with van der Waals surface area (Å²) in [6.45, 7) is 1.95. The molecule has 0 bridgehead atoms. The SMILES string of the molecule is Cc1cc(F)c(Br)c2c3c([nH]c12)CCSC3. The predicted molar refractivity (Wildman–Crippen MR) is 70.6 cm³/mol. The first-order valence-corrected chi connectivity index (χ1v) is 7.19. The van der Waals surface area contributed by atoms with Crippen molar-refractivity contribution >= 4 is 38.6 Å². The highest BCUT2D eigenvalue weighted by Crippen LogP contribution is 2.38. The van der Waals surface area contributed by atoms with Gasteiger partial charge in [0.1, 0.15) is 5.82 Å². The molecule has 0 aliphatic carbocycles. The van der Waals surface area contributed by atoms with Crippen molar-refractivity contribution in [3.8, 4) is 0 Å². The molecule has 1 nitrogen and oxygen atoms in total. The number of hydrogen-bond acceptors (Lipinski definition) is 1. The lowest BCUT2D eigenvalue weighted by Gasteiger charge is -2.10. The van der Waals surface area contributed by atoms with Gasteiger partial charge < -0.3 is 4.98 Å². The Morgan fingerprint density at radius 3 is 3.12 bits per heavy atom. The minimum absolute atomic E-state index is 0.164. The first-order chi connectivity index (χ1) is 7.68. The number of thioether (sulfide) groups is 1. The van der Waals surface area contributed by atoms with Gasteiger partial charge in [-0.3, -0.25) is 0 Å². The van der Waals surface area contributed by atoms with E-state index in [0.29, 0.717) is 4.47 Å². The molecule has 16 heavy (non-hydrogen) atoms. The van der Waals surface area contributed by atoms with Gasteiger partial charge in [0.05, 0.1) is 9.99 Å². The molecule has 0 saturated heterocycles. The van der Waals surface area contributed by atoms with E-state index >= 15 is 0 Å². The zero-order valence-corrected chi connectivity index (χ0v) is 11.3. The Hall–Kier alpha value is -0.480. The summed E-state index contributed by atoms with van der Waals surface area (Å²) in [6.07, 6.45) is 1.06. The molecule has 1 aliphatic heterocycles. The number of H-pyrrole nitrogens is 1. The molecule has 0 atom stereocenters. The molecule has 0 spiro atoms. The second-order valence-corrected chi connectivity index (χ2v) is 6.02. The molecular formula is C12H11BrFNS. The number of aromatic nitrogens is 1. The Balaban J connectivity index is 2.43. The van der Waals surface area contributed by atoms with Crippen LogP contribution in [0.2, 0.25) is 0 Å². The average molecular weight is 300 g/mol. The summed E-state index contributed by atoms with van der Waals surface area (Å²) >= 11 is 5.28. The van der Waals surface area contributed by atoms with E-state index in [9.17, 15) is 4.39 Å². The van der Waals surface area contributed by atoms with E-state index in [1.54, 1.807) is 6.07 Å². The average Bonchev–Trinajstić information content (AvgIpc) is 2.66. The van der Waals surface area contributed by atoms with Crippen LogP contribution in [0, 0.1) is 12.7 Å². The van der Waals surface area contributed by atoms with Gasteiger partial charge in [-0.2, -0.15) is 11.8 Å². The van der Waals surface area contributed by atoms with E-state index in [1.165, 1.54) is 11.3 Å². The van der Waals surface area contributed by atoms with Crippen LogP contribution in [0.4, 0.5) is 4.39 Å². The van der Waals surface area contributed by atoms with Gasteiger partial charge in [-0.05, 0) is 52.2 Å². The molecule has 2 aromatic rings. The van der Waals surface area contributed by atoms with Crippen LogP contribution < -0.4 is 0 Å². The van der Waals surface area contributed by atoms with Crippen LogP contribution in [-0.4, -0.2) is 10.7 Å². The van der Waals surface area contributed by atoms with E-state index in [4.69, 9.17) is 0 Å². The summed E-state index contributed by atoms with van der Waals surface area (Å²) in [5.74, 6) is 1.97. The van der Waals surface area contributed by atoms with Crippen LogP contribution in [0.5, 0.6) is 0 Å². The molecule has 0 unspecified atom stereocenters. The van der Waals surface area contributed by atoms with Crippen molar-refractivity contribution in [2.24, 2.45) is 0 Å². The number of hydrogen-bond donors (Lipinski definition) is 1. The van der Waals surface area contributed by atoms with Gasteiger partial charge in [-0.15, -0.1) is 0 Å². The Kier molecular flexibility index (Phi) is 2.51. The van der Waals surface area contributed by atoms with Crippen molar-refractivity contribution in [1.82, 2.24) is 4.98 Å². The molecule has 0 fully saturated rings. The third-order valence-electron chi connectivity index (χ3n) is 3.10. The first-order valence-electron chi connectivity index (χ1n) is 5.24. The van der Waals surface area contributed by atoms with Gasteiger partial charge in [-0.1, -0.05) is 0 Å². The normalized spacial score (nSPS) is 15.4. The fourth-order valence-electron chi connectivity index (χ4n) is 2.29. The number of rotatable bonds is 0. The molecular weight excluding hydrogens is 289 g/mol. The van der Waals surface area contributed by atoms with E-state index in [2.05, 4.69) is 20.9 Å². The van der Waals surface area contributed by atoms with Crippen LogP contribution in [0.15, 0.2) is 10.5 Å². The Labute approximate surface area is 106 Å². The van der Waals surface area contributed by atoms with Gasteiger partial charge in [0.2, 0.25) is 0 Å². The molecule has 1 aromatic heterocycles. The number of fused-ring (bicyclic) bond motifs is 3. The fourth-order valence-corrected chi connectivity index (χ4v) is 3.86. The Morgan fingerprint density at radius 1 is 1.50 bits per heavy atom. The Morgan fingerprint density at radius 2 is 2.31 bits per heavy atom. The number of aromatic amines is 1. The van der Waals surface area contributed by atoms with Crippen LogP contribution in [0.1, 0.15) is 16.8 Å². The summed E-state index contributed by atoms with van der Waals surface area (Å²) in [6, 6.07) is 1.58. The molecule has 1 aliphatic rings. The summed E-state index contributed by atoms with van der Waals surface area (Å²) in [5.41, 5.74) is 4.62. The third kappa shape index (κ3) is 1.43. The number of benzene rings is 1. The standard InChI is InChI=1S/C12H11BrFNS/c1-6-4-8(14)11(13)10-7-5-16-3-2-9(7)15-12(6)10/h4,15H,2-3,5H2,1H3. The van der Waals surface area contributed by atoms with Gasteiger partial charge in [0, 0.05) is 16.8 Å². The molecule has 4 heteroatoms. The van der Waals surface area contributed by atoms with Gasteiger partial charge in [-0.25, -0.2) is 4.39 Å². The maximum Gasteiger partial charge on any atom is 0.138 e. The van der Waals surface area contributed by atoms with Gasteiger partial charge in [0.25, 0.3) is 0 Å². The van der Waals surface area contributed by atoms with Crippen molar-refractivity contribution in [3.63, 3.8) is 0 Å². The summed E-state index contributed by atoms with van der Waals surface area (Å²) in [5, 5.41) is 1.04. The lowest BCUT2D eigenvalue weighted by atomic mass is 10.1. The number of halogens is 2. The fraction of sp³-hybridized carbons (Fsp3) is 0.333. The molecule has 84 valence electrons. The highest BCUT2D eigenvalue weighted by molar-refractivity contribution is 9.10. The second-order valence-electron chi connectivity index (χ2n) is 4.12. The van der Waals surface area contributed by atoms with Crippen LogP contribution >= 0.6 is 27.7 Å². The molecule has 1 N–H and O–H groups in total. The molecule has 3 rings (SSSR count). The molecule has 0 radical (unpaired) electrons. The summed E-state index contributed by atoms with van der Waals surface area (Å²) in [7, 11) is 0. The molecule has 1 aromatic carbocycles. The molecule has 0 saturated carbocycles. The van der Waals surface area contributed by atoms with Crippen molar-refractivity contribution in [1.29, 1.82) is 0 Å². The lowest BCUT2D eigenvalue weighted by molar-refractivity contribution is 0.622. The van der Waals surface area contributed by atoms with E-state index in [1.807, 2.05) is 18.7 Å². The van der Waals surface area contributed by atoms with Gasteiger partial charge in [0.15, 0.2) is 0 Å². The Bertz CT molecular complexity index is 576. The van der Waals surface area contributed by atoms with Gasteiger partial charge >= 0.3 is 0 Å². The second kappa shape index (κ2) is 3.77. The number of nitrogens with one attached hydrogen (secondary N) is 1. The van der Waals surface area contributed by atoms with Crippen molar-refractivity contribution in [2.75, 3.05) is 5.75 Å². The predicted octanol–water partition coefficient (Wildman–Crippen LogP) is 4.17. The van der Waals surface area contributed by atoms with Crippen LogP contribution in [-0.2, 0) is 12.2 Å². The quantitative estimate of drug-likeness (QED) is 0.772. The maximum absolute atomic E-state index is 13.7. The zero-order chi connectivity index (χ0) is 11.3. The van der Waals surface area contributed by atoms with Crippen LogP contribution in [0.3, 0.4) is 0 Å².